The Bertz CT molecular complexity index is 786. The number of aliphatic carboxylic acids is 1. The molecule has 0 bridgehead atoms. The SMILES string of the molecule is Cc1nc(COc2cccc(C(=O)NC3(C(=O)O)CCSC3)c2)no1. The lowest BCUT2D eigenvalue weighted by Gasteiger charge is -2.24. The maximum absolute atomic E-state index is 12.5. The van der Waals surface area contributed by atoms with Gasteiger partial charge in [0, 0.05) is 18.2 Å². The molecule has 1 aliphatic heterocycles. The molecule has 1 amide bonds. The first-order chi connectivity index (χ1) is 12.0. The molecule has 2 N–H and O–H groups in total. The maximum atomic E-state index is 12.5. The number of hydrogen-bond acceptors (Lipinski definition) is 7. The van der Waals surface area contributed by atoms with Crippen molar-refractivity contribution in [2.75, 3.05) is 11.5 Å². The van der Waals surface area contributed by atoms with Crippen LogP contribution >= 0.6 is 11.8 Å². The topological polar surface area (TPSA) is 115 Å². The predicted octanol–water partition coefficient (Wildman–Crippen LogP) is 1.65. The number of benzene rings is 1. The number of amides is 1. The van der Waals surface area contributed by atoms with E-state index < -0.39 is 17.4 Å². The van der Waals surface area contributed by atoms with Crippen LogP contribution in [0.5, 0.6) is 5.75 Å². The van der Waals surface area contributed by atoms with Crippen LogP contribution in [0.2, 0.25) is 0 Å². The van der Waals surface area contributed by atoms with Crippen molar-refractivity contribution >= 4 is 23.6 Å². The molecule has 0 aliphatic carbocycles. The number of hydrogen-bond donors (Lipinski definition) is 2. The van der Waals surface area contributed by atoms with Gasteiger partial charge in [-0.15, -0.1) is 0 Å². The number of carboxylic acid groups (broad SMARTS) is 1. The number of carbonyl (C=O) groups is 2. The second kappa shape index (κ2) is 7.14. The fourth-order valence-electron chi connectivity index (χ4n) is 2.45. The van der Waals surface area contributed by atoms with Crippen molar-refractivity contribution in [1.82, 2.24) is 15.5 Å². The Kier molecular flexibility index (Phi) is 4.93. The van der Waals surface area contributed by atoms with Crippen molar-refractivity contribution in [3.8, 4) is 5.75 Å². The number of ether oxygens (including phenoxy) is 1. The fourth-order valence-corrected chi connectivity index (χ4v) is 3.78. The largest absolute Gasteiger partial charge is 0.485 e. The minimum atomic E-state index is -1.21. The van der Waals surface area contributed by atoms with E-state index in [0.29, 0.717) is 41.0 Å². The molecule has 1 unspecified atom stereocenters. The zero-order chi connectivity index (χ0) is 17.9. The molecule has 1 atom stereocenters. The molecule has 0 spiro atoms. The molecule has 1 aromatic heterocycles. The van der Waals surface area contributed by atoms with Crippen molar-refractivity contribution < 1.29 is 24.0 Å². The minimum absolute atomic E-state index is 0.109. The zero-order valence-corrected chi connectivity index (χ0v) is 14.3. The summed E-state index contributed by atoms with van der Waals surface area (Å²) < 4.78 is 10.4. The predicted molar refractivity (Wildman–Crippen MR) is 89.6 cm³/mol. The van der Waals surface area contributed by atoms with Crippen molar-refractivity contribution in [3.05, 3.63) is 41.5 Å². The van der Waals surface area contributed by atoms with E-state index in [4.69, 9.17) is 9.26 Å². The molecular weight excluding hydrogens is 346 g/mol. The third-order valence-electron chi connectivity index (χ3n) is 3.82. The average molecular weight is 363 g/mol. The molecular formula is C16H17N3O5S. The zero-order valence-electron chi connectivity index (χ0n) is 13.5. The summed E-state index contributed by atoms with van der Waals surface area (Å²) in [4.78, 5) is 28.0. The first-order valence-corrected chi connectivity index (χ1v) is 8.80. The molecule has 0 saturated carbocycles. The van der Waals surface area contributed by atoms with Crippen LogP contribution in [0.4, 0.5) is 0 Å². The molecule has 2 heterocycles. The molecule has 1 saturated heterocycles. The van der Waals surface area contributed by atoms with Gasteiger partial charge in [-0.05, 0) is 30.4 Å². The van der Waals surface area contributed by atoms with E-state index in [9.17, 15) is 14.7 Å². The standard InChI is InChI=1S/C16H17N3O5S/c1-10-17-13(19-24-10)8-23-12-4-2-3-11(7-12)14(20)18-16(15(21)22)5-6-25-9-16/h2-4,7H,5-6,8-9H2,1H3,(H,18,20)(H,21,22). The van der Waals surface area contributed by atoms with Gasteiger partial charge in [-0.25, -0.2) is 4.79 Å². The van der Waals surface area contributed by atoms with Crippen LogP contribution in [0.25, 0.3) is 0 Å². The third kappa shape index (κ3) is 3.93. The fraction of sp³-hybridized carbons (Fsp3) is 0.375. The Morgan fingerprint density at radius 3 is 2.96 bits per heavy atom. The molecule has 9 heteroatoms. The van der Waals surface area contributed by atoms with Crippen LogP contribution < -0.4 is 10.1 Å². The van der Waals surface area contributed by atoms with Gasteiger partial charge < -0.3 is 19.7 Å². The normalized spacial score (nSPS) is 19.6. The molecule has 3 rings (SSSR count). The number of carboxylic acids is 1. The van der Waals surface area contributed by atoms with Gasteiger partial charge in [0.1, 0.15) is 11.3 Å². The summed E-state index contributed by atoms with van der Waals surface area (Å²) in [6, 6.07) is 6.53. The average Bonchev–Trinajstić information content (AvgIpc) is 3.23. The second-order valence-electron chi connectivity index (χ2n) is 5.69. The lowest BCUT2D eigenvalue weighted by atomic mass is 9.98. The van der Waals surface area contributed by atoms with Crippen LogP contribution in [-0.4, -0.2) is 44.2 Å². The molecule has 25 heavy (non-hydrogen) atoms. The molecule has 1 aliphatic rings. The molecule has 132 valence electrons. The lowest BCUT2D eigenvalue weighted by molar-refractivity contribution is -0.143. The molecule has 1 aromatic carbocycles. The van der Waals surface area contributed by atoms with Crippen molar-refractivity contribution in [2.45, 2.75) is 25.5 Å². The Hall–Kier alpha value is -2.55. The van der Waals surface area contributed by atoms with Gasteiger partial charge in [0.25, 0.3) is 5.91 Å². The summed E-state index contributed by atoms with van der Waals surface area (Å²) >= 11 is 1.51. The summed E-state index contributed by atoms with van der Waals surface area (Å²) in [6.45, 7) is 1.79. The van der Waals surface area contributed by atoms with E-state index >= 15 is 0 Å². The first kappa shape index (κ1) is 17.3. The number of aromatic nitrogens is 2. The lowest BCUT2D eigenvalue weighted by Crippen LogP contribution is -2.54. The van der Waals surface area contributed by atoms with Crippen molar-refractivity contribution in [2.24, 2.45) is 0 Å². The van der Waals surface area contributed by atoms with Gasteiger partial charge in [0.05, 0.1) is 0 Å². The quantitative estimate of drug-likeness (QED) is 0.796. The number of carbonyl (C=O) groups excluding carboxylic acids is 1. The first-order valence-electron chi connectivity index (χ1n) is 7.64. The van der Waals surface area contributed by atoms with E-state index in [1.807, 2.05) is 0 Å². The van der Waals surface area contributed by atoms with E-state index in [1.54, 1.807) is 31.2 Å². The summed E-state index contributed by atoms with van der Waals surface area (Å²) in [6.07, 6.45) is 0.409. The Morgan fingerprint density at radius 2 is 2.32 bits per heavy atom. The van der Waals surface area contributed by atoms with Crippen molar-refractivity contribution in [1.29, 1.82) is 0 Å². The Morgan fingerprint density at radius 1 is 1.48 bits per heavy atom. The van der Waals surface area contributed by atoms with Crippen LogP contribution in [0.1, 0.15) is 28.5 Å². The number of aryl methyl sites for hydroxylation is 1. The van der Waals surface area contributed by atoms with Gasteiger partial charge in [0.2, 0.25) is 11.7 Å². The summed E-state index contributed by atoms with van der Waals surface area (Å²) in [5.74, 6) is 0.929. The van der Waals surface area contributed by atoms with E-state index in [-0.39, 0.29) is 6.61 Å². The summed E-state index contributed by atoms with van der Waals surface area (Å²) in [5, 5.41) is 15.8. The monoisotopic (exact) mass is 363 g/mol. The smallest absolute Gasteiger partial charge is 0.330 e. The van der Waals surface area contributed by atoms with E-state index in [2.05, 4.69) is 15.5 Å². The highest BCUT2D eigenvalue weighted by molar-refractivity contribution is 7.99. The van der Waals surface area contributed by atoms with Crippen LogP contribution in [0, 0.1) is 6.92 Å². The van der Waals surface area contributed by atoms with Gasteiger partial charge in [-0.1, -0.05) is 11.2 Å². The van der Waals surface area contributed by atoms with Crippen molar-refractivity contribution in [3.63, 3.8) is 0 Å². The second-order valence-corrected chi connectivity index (χ2v) is 6.80. The van der Waals surface area contributed by atoms with Gasteiger partial charge in [-0.2, -0.15) is 16.7 Å². The molecule has 8 nitrogen and oxygen atoms in total. The highest BCUT2D eigenvalue weighted by atomic mass is 32.2. The number of thioether (sulfide) groups is 1. The van der Waals surface area contributed by atoms with E-state index in [1.165, 1.54) is 11.8 Å². The van der Waals surface area contributed by atoms with Crippen LogP contribution in [-0.2, 0) is 11.4 Å². The molecule has 2 aromatic rings. The maximum Gasteiger partial charge on any atom is 0.330 e. The minimum Gasteiger partial charge on any atom is -0.485 e. The Balaban J connectivity index is 1.68. The summed E-state index contributed by atoms with van der Waals surface area (Å²) in [7, 11) is 0. The summed E-state index contributed by atoms with van der Waals surface area (Å²) in [5.41, 5.74) is -0.875. The number of nitrogens with zero attached hydrogens (tertiary/aromatic N) is 2. The van der Waals surface area contributed by atoms with Crippen LogP contribution in [0.15, 0.2) is 28.8 Å². The number of rotatable bonds is 6. The third-order valence-corrected chi connectivity index (χ3v) is 5.01. The van der Waals surface area contributed by atoms with Crippen LogP contribution in [0.3, 0.4) is 0 Å². The number of nitrogens with one attached hydrogen (secondary N) is 1. The highest BCUT2D eigenvalue weighted by Crippen LogP contribution is 2.29. The Labute approximate surface area is 147 Å². The van der Waals surface area contributed by atoms with Gasteiger partial charge in [0.15, 0.2) is 6.61 Å². The van der Waals surface area contributed by atoms with Gasteiger partial charge in [-0.3, -0.25) is 4.79 Å². The van der Waals surface area contributed by atoms with E-state index in [0.717, 1.165) is 0 Å². The molecule has 0 radical (unpaired) electrons. The molecule has 1 fully saturated rings. The highest BCUT2D eigenvalue weighted by Gasteiger charge is 2.43. The van der Waals surface area contributed by atoms with Gasteiger partial charge >= 0.3 is 5.97 Å².